The number of hydrogen-bond donors (Lipinski definition) is 1. The second-order valence-electron chi connectivity index (χ2n) is 5.89. The minimum absolute atomic E-state index is 0.662. The second kappa shape index (κ2) is 6.94. The minimum atomic E-state index is 0.662. The van der Waals surface area contributed by atoms with Gasteiger partial charge in [0.2, 0.25) is 0 Å². The molecule has 0 aromatic heterocycles. The van der Waals surface area contributed by atoms with Crippen molar-refractivity contribution in [2.24, 2.45) is 5.92 Å². The van der Waals surface area contributed by atoms with E-state index < -0.39 is 0 Å². The van der Waals surface area contributed by atoms with E-state index in [0.29, 0.717) is 12.0 Å². The number of rotatable bonds is 6. The van der Waals surface area contributed by atoms with Crippen LogP contribution in [0.5, 0.6) is 0 Å². The molecule has 18 heavy (non-hydrogen) atoms. The summed E-state index contributed by atoms with van der Waals surface area (Å²) in [6.07, 6.45) is 6.99. The maximum absolute atomic E-state index is 3.73. The Kier molecular flexibility index (Phi) is 5.25. The van der Waals surface area contributed by atoms with Gasteiger partial charge in [0.05, 0.1) is 0 Å². The molecule has 1 aromatic rings. The summed E-state index contributed by atoms with van der Waals surface area (Å²) in [6.45, 7) is 5.84. The molecule has 0 spiro atoms. The molecule has 2 rings (SSSR count). The zero-order valence-corrected chi connectivity index (χ0v) is 11.9. The zero-order chi connectivity index (χ0) is 12.8. The van der Waals surface area contributed by atoms with Gasteiger partial charge in [-0.3, -0.25) is 0 Å². The van der Waals surface area contributed by atoms with Crippen LogP contribution in [0.3, 0.4) is 0 Å². The summed E-state index contributed by atoms with van der Waals surface area (Å²) in [7, 11) is 0. The molecule has 1 heteroatoms. The first-order valence-corrected chi connectivity index (χ1v) is 7.55. The summed E-state index contributed by atoms with van der Waals surface area (Å²) in [5.74, 6) is 1.59. The van der Waals surface area contributed by atoms with Crippen LogP contribution < -0.4 is 5.32 Å². The lowest BCUT2D eigenvalue weighted by atomic mass is 9.96. The highest BCUT2D eigenvalue weighted by Crippen LogP contribution is 2.27. The van der Waals surface area contributed by atoms with Crippen LogP contribution in [0.4, 0.5) is 0 Å². The van der Waals surface area contributed by atoms with Gasteiger partial charge >= 0.3 is 0 Å². The number of benzene rings is 1. The molecule has 0 heterocycles. The molecule has 1 nitrogen and oxygen atoms in total. The van der Waals surface area contributed by atoms with Gasteiger partial charge in [0, 0.05) is 6.04 Å². The molecular weight excluding hydrogens is 218 g/mol. The van der Waals surface area contributed by atoms with E-state index in [-0.39, 0.29) is 0 Å². The van der Waals surface area contributed by atoms with E-state index >= 15 is 0 Å². The van der Waals surface area contributed by atoms with Crippen LogP contribution in [-0.4, -0.2) is 12.6 Å². The van der Waals surface area contributed by atoms with Crippen molar-refractivity contribution in [3.8, 4) is 0 Å². The Bertz CT molecular complexity index is 327. The summed E-state index contributed by atoms with van der Waals surface area (Å²) >= 11 is 0. The van der Waals surface area contributed by atoms with Gasteiger partial charge in [0.15, 0.2) is 0 Å². The third-order valence-electron chi connectivity index (χ3n) is 4.52. The molecule has 1 saturated carbocycles. The van der Waals surface area contributed by atoms with E-state index in [1.807, 2.05) is 0 Å². The fourth-order valence-corrected chi connectivity index (χ4v) is 3.10. The molecule has 1 aliphatic rings. The summed E-state index contributed by atoms with van der Waals surface area (Å²) in [5, 5.41) is 3.73. The van der Waals surface area contributed by atoms with Gasteiger partial charge in [0.1, 0.15) is 0 Å². The Morgan fingerprint density at radius 3 is 2.44 bits per heavy atom. The molecule has 2 atom stereocenters. The van der Waals surface area contributed by atoms with E-state index in [2.05, 4.69) is 49.5 Å². The Balaban J connectivity index is 1.68. The van der Waals surface area contributed by atoms with Gasteiger partial charge in [-0.2, -0.15) is 0 Å². The molecule has 1 aliphatic carbocycles. The molecule has 0 radical (unpaired) electrons. The molecule has 0 saturated heterocycles. The van der Waals surface area contributed by atoms with Gasteiger partial charge in [0.25, 0.3) is 0 Å². The third-order valence-corrected chi connectivity index (χ3v) is 4.52. The van der Waals surface area contributed by atoms with Crippen LogP contribution in [-0.2, 0) is 0 Å². The van der Waals surface area contributed by atoms with E-state index in [4.69, 9.17) is 0 Å². The first-order valence-electron chi connectivity index (χ1n) is 7.55. The Morgan fingerprint density at radius 1 is 1.11 bits per heavy atom. The Morgan fingerprint density at radius 2 is 1.78 bits per heavy atom. The highest BCUT2D eigenvalue weighted by atomic mass is 14.9. The molecule has 0 amide bonds. The summed E-state index contributed by atoms with van der Waals surface area (Å²) in [4.78, 5) is 0. The van der Waals surface area contributed by atoms with Crippen molar-refractivity contribution in [2.45, 2.75) is 57.9 Å². The molecule has 1 fully saturated rings. The van der Waals surface area contributed by atoms with Gasteiger partial charge in [-0.25, -0.2) is 0 Å². The third kappa shape index (κ3) is 3.84. The van der Waals surface area contributed by atoms with Gasteiger partial charge < -0.3 is 5.32 Å². The van der Waals surface area contributed by atoms with Crippen LogP contribution in [0, 0.1) is 5.92 Å². The fourth-order valence-electron chi connectivity index (χ4n) is 3.10. The summed E-state index contributed by atoms with van der Waals surface area (Å²) < 4.78 is 0. The molecular formula is C17H27N. The van der Waals surface area contributed by atoms with Crippen LogP contribution in [0.2, 0.25) is 0 Å². The molecule has 2 unspecified atom stereocenters. The maximum Gasteiger partial charge on any atom is 0.00670 e. The van der Waals surface area contributed by atoms with Crippen LogP contribution >= 0.6 is 0 Å². The monoisotopic (exact) mass is 245 g/mol. The van der Waals surface area contributed by atoms with Gasteiger partial charge in [-0.05, 0) is 50.1 Å². The summed E-state index contributed by atoms with van der Waals surface area (Å²) in [6, 6.07) is 11.6. The lowest BCUT2D eigenvalue weighted by molar-refractivity contribution is 0.376. The molecule has 1 aromatic carbocycles. The lowest BCUT2D eigenvalue weighted by Crippen LogP contribution is -2.33. The first-order chi connectivity index (χ1) is 8.77. The quantitative estimate of drug-likeness (QED) is 0.785. The van der Waals surface area contributed by atoms with E-state index in [1.54, 1.807) is 0 Å². The fraction of sp³-hybridized carbons (Fsp3) is 0.647. The smallest absolute Gasteiger partial charge is 0.00670 e. The van der Waals surface area contributed by atoms with Crippen molar-refractivity contribution >= 4 is 0 Å². The predicted molar refractivity (Wildman–Crippen MR) is 78.9 cm³/mol. The van der Waals surface area contributed by atoms with Crippen LogP contribution in [0.1, 0.15) is 57.4 Å². The van der Waals surface area contributed by atoms with Crippen LogP contribution in [0.15, 0.2) is 30.3 Å². The molecule has 1 N–H and O–H groups in total. The standard InChI is InChI=1S/C17H27N/c1-14(16-8-4-3-5-9-16)12-13-18-15(2)17-10-6-7-11-17/h3-5,8-9,14-15,17-18H,6-7,10-13H2,1-2H3. The van der Waals surface area contributed by atoms with Crippen molar-refractivity contribution in [3.63, 3.8) is 0 Å². The Hall–Kier alpha value is -0.820. The van der Waals surface area contributed by atoms with Crippen molar-refractivity contribution in [1.82, 2.24) is 5.32 Å². The van der Waals surface area contributed by atoms with Crippen molar-refractivity contribution in [2.75, 3.05) is 6.54 Å². The topological polar surface area (TPSA) is 12.0 Å². The van der Waals surface area contributed by atoms with E-state index in [0.717, 1.165) is 12.5 Å². The maximum atomic E-state index is 3.73. The highest BCUT2D eigenvalue weighted by molar-refractivity contribution is 5.18. The molecule has 0 aliphatic heterocycles. The Labute approximate surface area is 112 Å². The molecule has 0 bridgehead atoms. The second-order valence-corrected chi connectivity index (χ2v) is 5.89. The zero-order valence-electron chi connectivity index (χ0n) is 11.9. The minimum Gasteiger partial charge on any atom is -0.314 e. The number of nitrogens with one attached hydrogen (secondary N) is 1. The SMILES string of the molecule is CC(CCNC(C)C1CCCC1)c1ccccc1. The lowest BCUT2D eigenvalue weighted by Gasteiger charge is -2.21. The van der Waals surface area contributed by atoms with E-state index in [9.17, 15) is 0 Å². The largest absolute Gasteiger partial charge is 0.314 e. The van der Waals surface area contributed by atoms with Crippen molar-refractivity contribution in [1.29, 1.82) is 0 Å². The number of hydrogen-bond acceptors (Lipinski definition) is 1. The average molecular weight is 245 g/mol. The van der Waals surface area contributed by atoms with Gasteiger partial charge in [-0.15, -0.1) is 0 Å². The molecule has 100 valence electrons. The predicted octanol–water partition coefficient (Wildman–Crippen LogP) is 4.35. The normalized spacial score (nSPS) is 19.9. The van der Waals surface area contributed by atoms with E-state index in [1.165, 1.54) is 37.7 Å². The highest BCUT2D eigenvalue weighted by Gasteiger charge is 2.20. The van der Waals surface area contributed by atoms with Gasteiger partial charge in [-0.1, -0.05) is 50.1 Å². The average Bonchev–Trinajstić information content (AvgIpc) is 2.93. The summed E-state index contributed by atoms with van der Waals surface area (Å²) in [5.41, 5.74) is 1.47. The van der Waals surface area contributed by atoms with Crippen molar-refractivity contribution < 1.29 is 0 Å². The van der Waals surface area contributed by atoms with Crippen molar-refractivity contribution in [3.05, 3.63) is 35.9 Å². The van der Waals surface area contributed by atoms with Crippen LogP contribution in [0.25, 0.3) is 0 Å². The first kappa shape index (κ1) is 13.6.